The average Bonchev–Trinajstić information content (AvgIpc) is 2.36. The van der Waals surface area contributed by atoms with Crippen molar-refractivity contribution in [1.29, 1.82) is 0 Å². The third-order valence-electron chi connectivity index (χ3n) is 3.03. The van der Waals surface area contributed by atoms with E-state index in [1.807, 2.05) is 24.3 Å². The Kier molecular flexibility index (Phi) is 3.67. The fraction of sp³-hybridized carbons (Fsp3) is 0.357. The first-order valence-electron chi connectivity index (χ1n) is 6.16. The van der Waals surface area contributed by atoms with Gasteiger partial charge in [0, 0.05) is 18.0 Å². The number of nitrogens with two attached hydrogens (primary N) is 1. The molecule has 0 atom stereocenters. The van der Waals surface area contributed by atoms with Gasteiger partial charge in [-0.1, -0.05) is 18.2 Å². The van der Waals surface area contributed by atoms with E-state index >= 15 is 0 Å². The number of benzene rings is 1. The molecule has 96 valence electrons. The minimum atomic E-state index is 0.105. The van der Waals surface area contributed by atoms with Crippen LogP contribution < -0.4 is 10.6 Å². The van der Waals surface area contributed by atoms with Crippen LogP contribution >= 0.6 is 0 Å². The number of aromatic nitrogens is 1. The fourth-order valence-corrected chi connectivity index (χ4v) is 2.20. The summed E-state index contributed by atoms with van der Waals surface area (Å²) in [6.07, 6.45) is 1.68. The molecule has 0 bridgehead atoms. The van der Waals surface area contributed by atoms with Crippen LogP contribution in [-0.2, 0) is 0 Å². The Morgan fingerprint density at radius 2 is 2.06 bits per heavy atom. The summed E-state index contributed by atoms with van der Waals surface area (Å²) in [7, 11) is 0. The van der Waals surface area contributed by atoms with E-state index in [1.54, 1.807) is 6.20 Å². The number of para-hydroxylation sites is 1. The van der Waals surface area contributed by atoms with Crippen molar-refractivity contribution in [2.45, 2.75) is 19.9 Å². The zero-order valence-corrected chi connectivity index (χ0v) is 10.8. The van der Waals surface area contributed by atoms with E-state index in [-0.39, 0.29) is 12.6 Å². The van der Waals surface area contributed by atoms with Crippen molar-refractivity contribution in [3.05, 3.63) is 30.5 Å². The molecule has 18 heavy (non-hydrogen) atoms. The van der Waals surface area contributed by atoms with Crippen molar-refractivity contribution >= 4 is 22.3 Å². The molecular weight excluding hydrogens is 226 g/mol. The van der Waals surface area contributed by atoms with Gasteiger partial charge in [0.15, 0.2) is 0 Å². The third-order valence-corrected chi connectivity index (χ3v) is 3.03. The standard InChI is InChI=1S/C14H19N3O/c1-10(2)17(7-8-18)14-11-5-3-4-6-13(11)16-9-12(14)15/h3-6,9-10,18H,7-8,15H2,1-2H3. The molecule has 0 unspecified atom stereocenters. The van der Waals surface area contributed by atoms with Crippen molar-refractivity contribution in [3.63, 3.8) is 0 Å². The predicted octanol–water partition coefficient (Wildman–Crippen LogP) is 2.02. The summed E-state index contributed by atoms with van der Waals surface area (Å²) in [5.74, 6) is 0. The lowest BCUT2D eigenvalue weighted by Crippen LogP contribution is -2.34. The number of rotatable bonds is 4. The second-order valence-corrected chi connectivity index (χ2v) is 4.59. The number of nitrogens with zero attached hydrogens (tertiary/aromatic N) is 2. The van der Waals surface area contributed by atoms with Crippen molar-refractivity contribution in [3.8, 4) is 0 Å². The Hall–Kier alpha value is -1.81. The van der Waals surface area contributed by atoms with Gasteiger partial charge in [0.2, 0.25) is 0 Å². The molecule has 4 heteroatoms. The van der Waals surface area contributed by atoms with Crippen LogP contribution in [0.5, 0.6) is 0 Å². The van der Waals surface area contributed by atoms with Crippen molar-refractivity contribution in [2.24, 2.45) is 0 Å². The van der Waals surface area contributed by atoms with Gasteiger partial charge >= 0.3 is 0 Å². The van der Waals surface area contributed by atoms with Gasteiger partial charge in [-0.2, -0.15) is 0 Å². The first-order valence-corrected chi connectivity index (χ1v) is 6.16. The number of hydrogen-bond donors (Lipinski definition) is 2. The highest BCUT2D eigenvalue weighted by molar-refractivity contribution is 5.97. The highest BCUT2D eigenvalue weighted by Crippen LogP contribution is 2.32. The average molecular weight is 245 g/mol. The van der Waals surface area contributed by atoms with E-state index in [2.05, 4.69) is 23.7 Å². The molecule has 0 saturated carbocycles. The molecule has 2 aromatic rings. The lowest BCUT2D eigenvalue weighted by molar-refractivity contribution is 0.299. The summed E-state index contributed by atoms with van der Waals surface area (Å²) >= 11 is 0. The van der Waals surface area contributed by atoms with Crippen molar-refractivity contribution in [2.75, 3.05) is 23.8 Å². The van der Waals surface area contributed by atoms with Gasteiger partial charge in [-0.15, -0.1) is 0 Å². The van der Waals surface area contributed by atoms with Gasteiger partial charge in [0.05, 0.1) is 29.7 Å². The lowest BCUT2D eigenvalue weighted by atomic mass is 10.1. The van der Waals surface area contributed by atoms with E-state index in [0.717, 1.165) is 16.6 Å². The van der Waals surface area contributed by atoms with Crippen LogP contribution in [0.25, 0.3) is 10.9 Å². The molecule has 0 aliphatic carbocycles. The molecule has 0 amide bonds. The number of nitrogen functional groups attached to an aromatic ring is 1. The Balaban J connectivity index is 2.63. The second kappa shape index (κ2) is 5.23. The number of pyridine rings is 1. The summed E-state index contributed by atoms with van der Waals surface area (Å²) in [4.78, 5) is 6.44. The molecule has 1 aromatic carbocycles. The van der Waals surface area contributed by atoms with Gasteiger partial charge in [0.25, 0.3) is 0 Å². The molecule has 0 aliphatic rings. The SMILES string of the molecule is CC(C)N(CCO)c1c(N)cnc2ccccc12. The molecule has 0 fully saturated rings. The number of anilines is 2. The highest BCUT2D eigenvalue weighted by Gasteiger charge is 2.16. The van der Waals surface area contributed by atoms with Gasteiger partial charge < -0.3 is 15.7 Å². The summed E-state index contributed by atoms with van der Waals surface area (Å²) in [6, 6.07) is 8.19. The molecule has 3 N–H and O–H groups in total. The Morgan fingerprint density at radius 1 is 1.33 bits per heavy atom. The van der Waals surface area contributed by atoms with Gasteiger partial charge in [-0.3, -0.25) is 4.98 Å². The summed E-state index contributed by atoms with van der Waals surface area (Å²) in [5, 5.41) is 10.2. The van der Waals surface area contributed by atoms with Crippen LogP contribution in [0.4, 0.5) is 11.4 Å². The first-order chi connectivity index (χ1) is 8.65. The second-order valence-electron chi connectivity index (χ2n) is 4.59. The fourth-order valence-electron chi connectivity index (χ4n) is 2.20. The zero-order chi connectivity index (χ0) is 13.1. The smallest absolute Gasteiger partial charge is 0.0745 e. The normalized spacial score (nSPS) is 11.1. The van der Waals surface area contributed by atoms with E-state index in [0.29, 0.717) is 12.2 Å². The van der Waals surface area contributed by atoms with Crippen LogP contribution in [0, 0.1) is 0 Å². The predicted molar refractivity (Wildman–Crippen MR) is 75.7 cm³/mol. The van der Waals surface area contributed by atoms with E-state index in [9.17, 15) is 5.11 Å². The van der Waals surface area contributed by atoms with Crippen LogP contribution in [0.15, 0.2) is 30.5 Å². The highest BCUT2D eigenvalue weighted by atomic mass is 16.3. The molecule has 0 radical (unpaired) electrons. The topological polar surface area (TPSA) is 62.4 Å². The minimum absolute atomic E-state index is 0.105. The van der Waals surface area contributed by atoms with E-state index in [4.69, 9.17) is 5.73 Å². The number of hydrogen-bond acceptors (Lipinski definition) is 4. The maximum Gasteiger partial charge on any atom is 0.0745 e. The Morgan fingerprint density at radius 3 is 2.72 bits per heavy atom. The number of fused-ring (bicyclic) bond motifs is 1. The molecule has 4 nitrogen and oxygen atoms in total. The molecule has 2 rings (SSSR count). The number of aliphatic hydroxyl groups is 1. The molecule has 1 heterocycles. The minimum Gasteiger partial charge on any atom is -0.396 e. The quantitative estimate of drug-likeness (QED) is 0.865. The summed E-state index contributed by atoms with van der Waals surface area (Å²) < 4.78 is 0. The van der Waals surface area contributed by atoms with Gasteiger partial charge in [-0.05, 0) is 19.9 Å². The molecular formula is C14H19N3O. The Labute approximate surface area is 107 Å². The largest absolute Gasteiger partial charge is 0.396 e. The maximum absolute atomic E-state index is 9.21. The molecule has 0 spiro atoms. The van der Waals surface area contributed by atoms with Crippen molar-refractivity contribution in [1.82, 2.24) is 4.98 Å². The van der Waals surface area contributed by atoms with E-state index in [1.165, 1.54) is 0 Å². The van der Waals surface area contributed by atoms with E-state index < -0.39 is 0 Å². The molecule has 0 aliphatic heterocycles. The van der Waals surface area contributed by atoms with Crippen LogP contribution in [-0.4, -0.2) is 29.3 Å². The lowest BCUT2D eigenvalue weighted by Gasteiger charge is -2.30. The monoisotopic (exact) mass is 245 g/mol. The zero-order valence-electron chi connectivity index (χ0n) is 10.8. The van der Waals surface area contributed by atoms with Gasteiger partial charge in [0.1, 0.15) is 0 Å². The molecule has 1 aromatic heterocycles. The first kappa shape index (κ1) is 12.6. The van der Waals surface area contributed by atoms with Crippen molar-refractivity contribution < 1.29 is 5.11 Å². The third kappa shape index (κ3) is 2.24. The Bertz CT molecular complexity index is 540. The van der Waals surface area contributed by atoms with Crippen LogP contribution in [0.3, 0.4) is 0 Å². The molecule has 0 saturated heterocycles. The summed E-state index contributed by atoms with van der Waals surface area (Å²) in [5.41, 5.74) is 8.60. The number of aliphatic hydroxyl groups excluding tert-OH is 1. The van der Waals surface area contributed by atoms with Crippen LogP contribution in [0.2, 0.25) is 0 Å². The summed E-state index contributed by atoms with van der Waals surface area (Å²) in [6.45, 7) is 4.85. The van der Waals surface area contributed by atoms with Gasteiger partial charge in [-0.25, -0.2) is 0 Å². The van der Waals surface area contributed by atoms with Crippen LogP contribution in [0.1, 0.15) is 13.8 Å². The maximum atomic E-state index is 9.21.